The quantitative estimate of drug-likeness (QED) is 0.340. The summed E-state index contributed by atoms with van der Waals surface area (Å²) in [5, 5.41) is 3.74. The number of hydrogen-bond acceptors (Lipinski definition) is 5. The molecule has 0 atom stereocenters. The number of carbonyl (C=O) groups excluding carboxylic acids is 3. The minimum atomic E-state index is -0.672. The third kappa shape index (κ3) is 6.25. The summed E-state index contributed by atoms with van der Waals surface area (Å²) in [5.74, 6) is -1.62. The summed E-state index contributed by atoms with van der Waals surface area (Å²) in [7, 11) is 1.31. The van der Waals surface area contributed by atoms with Crippen LogP contribution in [-0.2, 0) is 25.8 Å². The fourth-order valence-electron chi connectivity index (χ4n) is 2.83. The Labute approximate surface area is 180 Å². The van der Waals surface area contributed by atoms with Crippen molar-refractivity contribution in [3.63, 3.8) is 0 Å². The van der Waals surface area contributed by atoms with Crippen LogP contribution >= 0.6 is 0 Å². The number of para-hydroxylation sites is 1. The fraction of sp³-hybridized carbons (Fsp3) is 0.125. The lowest BCUT2D eigenvalue weighted by atomic mass is 10.1. The van der Waals surface area contributed by atoms with Crippen LogP contribution in [0.1, 0.15) is 22.3 Å². The number of nitrogens with zero attached hydrogens (tertiary/aromatic N) is 1. The van der Waals surface area contributed by atoms with E-state index in [-0.39, 0.29) is 12.5 Å². The number of esters is 1. The first-order valence-corrected chi connectivity index (χ1v) is 9.60. The van der Waals surface area contributed by atoms with Gasteiger partial charge in [0.1, 0.15) is 13.0 Å². The van der Waals surface area contributed by atoms with Gasteiger partial charge >= 0.3 is 5.97 Å². The van der Waals surface area contributed by atoms with Crippen molar-refractivity contribution in [2.75, 3.05) is 17.5 Å². The van der Waals surface area contributed by atoms with E-state index in [1.165, 1.54) is 13.2 Å². The van der Waals surface area contributed by atoms with Crippen molar-refractivity contribution in [1.82, 2.24) is 0 Å². The molecule has 3 aromatic rings. The van der Waals surface area contributed by atoms with Gasteiger partial charge in [0, 0.05) is 11.3 Å². The molecule has 0 saturated heterocycles. The summed E-state index contributed by atoms with van der Waals surface area (Å²) in [5.41, 5.74) is 2.13. The predicted molar refractivity (Wildman–Crippen MR) is 116 cm³/mol. The third-order valence-corrected chi connectivity index (χ3v) is 4.32. The van der Waals surface area contributed by atoms with Crippen LogP contribution in [0.15, 0.2) is 84.9 Å². The number of rotatable bonds is 8. The average Bonchev–Trinajstić information content (AvgIpc) is 2.80. The van der Waals surface area contributed by atoms with E-state index in [1.807, 2.05) is 48.5 Å². The Morgan fingerprint density at radius 3 is 2.23 bits per heavy atom. The van der Waals surface area contributed by atoms with Crippen molar-refractivity contribution < 1.29 is 24.0 Å². The van der Waals surface area contributed by atoms with Crippen LogP contribution in [0.25, 0.3) is 0 Å². The molecule has 7 heteroatoms. The lowest BCUT2D eigenvalue weighted by Crippen LogP contribution is -2.32. The van der Waals surface area contributed by atoms with Crippen LogP contribution in [0.2, 0.25) is 0 Å². The molecule has 0 fully saturated rings. The molecule has 0 saturated carbocycles. The lowest BCUT2D eigenvalue weighted by Gasteiger charge is -2.20. The number of anilines is 2. The van der Waals surface area contributed by atoms with Crippen LogP contribution in [0.4, 0.5) is 11.4 Å². The van der Waals surface area contributed by atoms with E-state index >= 15 is 0 Å². The molecule has 0 aromatic heterocycles. The van der Waals surface area contributed by atoms with E-state index in [9.17, 15) is 14.4 Å². The maximum Gasteiger partial charge on any atom is 0.315 e. The molecular formula is C24H22N2O5. The number of hydrogen-bond donors (Lipinski definition) is 1. The van der Waals surface area contributed by atoms with Crippen molar-refractivity contribution in [2.24, 2.45) is 0 Å². The summed E-state index contributed by atoms with van der Waals surface area (Å²) in [4.78, 5) is 42.3. The summed E-state index contributed by atoms with van der Waals surface area (Å²) in [6.45, 7) is 0.0785. The zero-order valence-corrected chi connectivity index (χ0v) is 17.0. The van der Waals surface area contributed by atoms with E-state index in [0.717, 1.165) is 10.6 Å². The molecule has 31 heavy (non-hydrogen) atoms. The first kappa shape index (κ1) is 21.7. The Kier molecular flexibility index (Phi) is 7.50. The van der Waals surface area contributed by atoms with Crippen LogP contribution < -0.4 is 10.4 Å². The molecule has 0 aliphatic heterocycles. The number of ether oxygens (including phenoxy) is 1. The first-order chi connectivity index (χ1) is 15.1. The standard InChI is InChI=1S/C24H22N2O5/c1-30-26(22(27)16-23(28)31-17-18-9-4-2-5-10-18)21-14-8-11-19(15-21)24(29)25-20-12-6-3-7-13-20/h2-15H,16-17H2,1H3,(H,25,29). The number of amides is 2. The van der Waals surface area contributed by atoms with Gasteiger partial charge < -0.3 is 10.1 Å². The van der Waals surface area contributed by atoms with E-state index in [4.69, 9.17) is 9.57 Å². The second-order valence-electron chi connectivity index (χ2n) is 6.56. The molecule has 2 amide bonds. The molecule has 0 heterocycles. The van der Waals surface area contributed by atoms with Crippen molar-refractivity contribution in [3.05, 3.63) is 96.1 Å². The van der Waals surface area contributed by atoms with E-state index in [0.29, 0.717) is 16.9 Å². The molecule has 0 radical (unpaired) electrons. The van der Waals surface area contributed by atoms with E-state index < -0.39 is 18.3 Å². The SMILES string of the molecule is CON(C(=O)CC(=O)OCc1ccccc1)c1cccc(C(=O)Nc2ccccc2)c1. The molecule has 1 N–H and O–H groups in total. The summed E-state index contributed by atoms with van der Waals surface area (Å²) < 4.78 is 5.15. The van der Waals surface area contributed by atoms with Crippen molar-refractivity contribution in [3.8, 4) is 0 Å². The summed E-state index contributed by atoms with van der Waals surface area (Å²) >= 11 is 0. The molecule has 0 aliphatic carbocycles. The Morgan fingerprint density at radius 2 is 1.55 bits per heavy atom. The van der Waals surface area contributed by atoms with E-state index in [2.05, 4.69) is 5.32 Å². The second-order valence-corrected chi connectivity index (χ2v) is 6.56. The van der Waals surface area contributed by atoms with E-state index in [1.54, 1.807) is 30.3 Å². The number of nitrogens with one attached hydrogen (secondary N) is 1. The molecule has 7 nitrogen and oxygen atoms in total. The van der Waals surface area contributed by atoms with Gasteiger partial charge in [-0.25, -0.2) is 0 Å². The Balaban J connectivity index is 1.63. The van der Waals surface area contributed by atoms with Gasteiger partial charge in [-0.05, 0) is 35.9 Å². The number of hydroxylamine groups is 1. The normalized spacial score (nSPS) is 10.2. The summed E-state index contributed by atoms with van der Waals surface area (Å²) in [6.07, 6.45) is -0.499. The fourth-order valence-corrected chi connectivity index (χ4v) is 2.83. The average molecular weight is 418 g/mol. The first-order valence-electron chi connectivity index (χ1n) is 9.60. The highest BCUT2D eigenvalue weighted by atomic mass is 16.7. The molecule has 3 aromatic carbocycles. The maximum atomic E-state index is 12.6. The van der Waals surface area contributed by atoms with Gasteiger partial charge in [0.2, 0.25) is 0 Å². The summed E-state index contributed by atoms with van der Waals surface area (Å²) in [6, 6.07) is 24.6. The van der Waals surface area contributed by atoms with Gasteiger partial charge in [0.25, 0.3) is 11.8 Å². The monoisotopic (exact) mass is 418 g/mol. The van der Waals surface area contributed by atoms with Crippen LogP contribution in [0.5, 0.6) is 0 Å². The highest BCUT2D eigenvalue weighted by Gasteiger charge is 2.21. The molecule has 3 rings (SSSR count). The minimum absolute atomic E-state index is 0.0785. The van der Waals surface area contributed by atoms with Crippen molar-refractivity contribution in [2.45, 2.75) is 13.0 Å². The Bertz CT molecular complexity index is 1040. The van der Waals surface area contributed by atoms with Gasteiger partial charge in [-0.1, -0.05) is 54.6 Å². The second kappa shape index (κ2) is 10.7. The molecule has 158 valence electrons. The molecule has 0 unspecified atom stereocenters. The van der Waals surface area contributed by atoms with Gasteiger partial charge in [-0.15, -0.1) is 0 Å². The maximum absolute atomic E-state index is 12.6. The molecular weight excluding hydrogens is 396 g/mol. The Hall–Kier alpha value is -3.97. The largest absolute Gasteiger partial charge is 0.460 e. The molecule has 0 aliphatic rings. The highest BCUT2D eigenvalue weighted by molar-refractivity contribution is 6.06. The lowest BCUT2D eigenvalue weighted by molar-refractivity contribution is -0.148. The zero-order chi connectivity index (χ0) is 22.1. The van der Waals surface area contributed by atoms with Crippen LogP contribution in [0.3, 0.4) is 0 Å². The smallest absolute Gasteiger partial charge is 0.315 e. The molecule has 0 bridgehead atoms. The minimum Gasteiger partial charge on any atom is -0.460 e. The Morgan fingerprint density at radius 1 is 0.871 bits per heavy atom. The van der Waals surface area contributed by atoms with Crippen molar-refractivity contribution >= 4 is 29.2 Å². The van der Waals surface area contributed by atoms with Crippen LogP contribution in [-0.4, -0.2) is 24.9 Å². The van der Waals surface area contributed by atoms with Gasteiger partial charge in [-0.2, -0.15) is 5.06 Å². The van der Waals surface area contributed by atoms with Crippen molar-refractivity contribution in [1.29, 1.82) is 0 Å². The van der Waals surface area contributed by atoms with Gasteiger partial charge in [-0.3, -0.25) is 19.2 Å². The van der Waals surface area contributed by atoms with Gasteiger partial charge in [0.15, 0.2) is 0 Å². The topological polar surface area (TPSA) is 84.9 Å². The number of carbonyl (C=O) groups is 3. The molecule has 0 spiro atoms. The zero-order valence-electron chi connectivity index (χ0n) is 17.0. The predicted octanol–water partition coefficient (Wildman–Crippen LogP) is 3.97. The van der Waals surface area contributed by atoms with Gasteiger partial charge in [0.05, 0.1) is 12.8 Å². The third-order valence-electron chi connectivity index (χ3n) is 4.32. The van der Waals surface area contributed by atoms with Crippen LogP contribution in [0, 0.1) is 0 Å². The highest BCUT2D eigenvalue weighted by Crippen LogP contribution is 2.19. The number of benzene rings is 3.